The summed E-state index contributed by atoms with van der Waals surface area (Å²) in [5, 5.41) is 0. The van der Waals surface area contributed by atoms with E-state index in [2.05, 4.69) is 44.1 Å². The predicted molar refractivity (Wildman–Crippen MR) is 93.0 cm³/mol. The van der Waals surface area contributed by atoms with Gasteiger partial charge < -0.3 is 24.8 Å². The fourth-order valence-electron chi connectivity index (χ4n) is 3.11. The number of carbonyl (C=O) groups excluding carboxylic acids is 1. The molecule has 2 rings (SSSR count). The molecule has 1 atom stereocenters. The van der Waals surface area contributed by atoms with Gasteiger partial charge in [-0.3, -0.25) is 0 Å². The van der Waals surface area contributed by atoms with Crippen molar-refractivity contribution in [3.05, 3.63) is 55.9 Å². The summed E-state index contributed by atoms with van der Waals surface area (Å²) in [6.45, 7) is 13.9. The molecule has 0 radical (unpaired) electrons. The van der Waals surface area contributed by atoms with Crippen molar-refractivity contribution in [2.75, 3.05) is 0 Å². The monoisotopic (exact) mass is 550 g/mol. The Labute approximate surface area is 167 Å². The number of hydrogen-bond donors (Lipinski definition) is 1. The van der Waals surface area contributed by atoms with Crippen LogP contribution in [0.4, 0.5) is 0 Å². The molecule has 1 aromatic rings. The molecule has 0 spiro atoms. The maximum absolute atomic E-state index is 12.6. The second-order valence-electron chi connectivity index (χ2n) is 6.46. The number of rotatable bonds is 4. The van der Waals surface area contributed by atoms with Crippen LogP contribution in [0, 0.1) is 5.92 Å². The van der Waals surface area contributed by atoms with E-state index < -0.39 is 26.9 Å². The van der Waals surface area contributed by atoms with Crippen LogP contribution in [-0.4, -0.2) is 11.9 Å². The van der Waals surface area contributed by atoms with Crippen LogP contribution >= 0.6 is 0 Å². The summed E-state index contributed by atoms with van der Waals surface area (Å²) in [4.78, 5) is 12.6. The van der Waals surface area contributed by atoms with Crippen molar-refractivity contribution in [2.45, 2.75) is 40.8 Å². The van der Waals surface area contributed by atoms with Gasteiger partial charge in [-0.25, -0.2) is 0 Å². The zero-order valence-corrected chi connectivity index (χ0v) is 21.5. The summed E-state index contributed by atoms with van der Waals surface area (Å²) >= 11 is -2.27. The summed E-state index contributed by atoms with van der Waals surface area (Å²) in [7, 11) is 0. The first-order valence-electron chi connectivity index (χ1n) is 7.96. The molecule has 0 saturated carbocycles. The molecule has 0 bridgehead atoms. The minimum absolute atomic E-state index is 0. The number of hydrogen-bond acceptors (Lipinski definition) is 1. The van der Waals surface area contributed by atoms with Gasteiger partial charge in [-0.2, -0.15) is 0 Å². The standard InChI is InChI=1S/C9H13.C7H7NO.C2H7Si.2ClH.Hf/c1-6-5-7(2)9(4)8(6)3;8-7(9)6-4-2-1-3-5-6;1-3-2;;;/h6H,1-4H3;1-5H,(H2,8,9);3H,1-2H3;2*1H;/q;;;;;+3/p-3. The van der Waals surface area contributed by atoms with Gasteiger partial charge in [0.15, 0.2) is 0 Å². The van der Waals surface area contributed by atoms with E-state index in [9.17, 15) is 4.79 Å². The summed E-state index contributed by atoms with van der Waals surface area (Å²) in [6.07, 6.45) is 0. The number of benzene rings is 1. The summed E-state index contributed by atoms with van der Waals surface area (Å²) in [5.74, 6) is -0.180. The summed E-state index contributed by atoms with van der Waals surface area (Å²) in [5.41, 5.74) is 5.22. The Balaban J connectivity index is 0.00000264. The van der Waals surface area contributed by atoms with Gasteiger partial charge in [-0.15, -0.1) is 0 Å². The molecule has 1 amide bonds. The van der Waals surface area contributed by atoms with Crippen LogP contribution in [0.2, 0.25) is 13.1 Å². The van der Waals surface area contributed by atoms with Crippen LogP contribution in [0.5, 0.6) is 0 Å². The average Bonchev–Trinajstić information content (AvgIpc) is 2.69. The van der Waals surface area contributed by atoms with Crippen LogP contribution < -0.4 is 28.1 Å². The molecule has 1 aromatic carbocycles. The molecule has 0 aliphatic heterocycles. The number of allylic oxidation sites excluding steroid dienone is 4. The van der Waals surface area contributed by atoms with E-state index in [1.54, 1.807) is 3.33 Å². The number of amides is 1. The summed E-state index contributed by atoms with van der Waals surface area (Å²) < 4.78 is 5.17. The first-order valence-corrected chi connectivity index (χ1v) is 20.7. The molecule has 0 aromatic heterocycles. The molecule has 0 heterocycles. The minimum atomic E-state index is -2.27. The van der Waals surface area contributed by atoms with Gasteiger partial charge in [0.25, 0.3) is 0 Å². The smallest absolute Gasteiger partial charge is 1.00 e. The largest absolute Gasteiger partial charge is 1.00 e. The normalized spacial score (nSPS) is 16.7. The molecule has 1 aliphatic rings. The molecular weight excluding hydrogens is 524 g/mol. The first-order chi connectivity index (χ1) is 10.3. The van der Waals surface area contributed by atoms with Crippen LogP contribution in [0.25, 0.3) is 0 Å². The Morgan fingerprint density at radius 3 is 2.00 bits per heavy atom. The third kappa shape index (κ3) is 4.93. The van der Waals surface area contributed by atoms with Crippen molar-refractivity contribution in [3.63, 3.8) is 0 Å². The van der Waals surface area contributed by atoms with Gasteiger partial charge in [0.05, 0.1) is 0 Å². The van der Waals surface area contributed by atoms with Gasteiger partial charge >= 0.3 is 144 Å². The van der Waals surface area contributed by atoms with E-state index in [4.69, 9.17) is 0 Å². The second kappa shape index (κ2) is 10.1. The third-order valence-electron chi connectivity index (χ3n) is 4.79. The van der Waals surface area contributed by atoms with E-state index in [0.29, 0.717) is 5.92 Å². The van der Waals surface area contributed by atoms with E-state index in [-0.39, 0.29) is 30.7 Å². The number of nitrogens with one attached hydrogen (secondary N) is 1. The second-order valence-corrected chi connectivity index (χ2v) is 31.7. The Hall–Kier alpha value is -0.163. The number of halogens is 2. The van der Waals surface area contributed by atoms with E-state index in [1.807, 2.05) is 30.3 Å². The fourth-order valence-corrected chi connectivity index (χ4v) is 25.2. The van der Waals surface area contributed by atoms with Gasteiger partial charge in [-0.1, -0.05) is 0 Å². The Kier molecular flexibility index (Phi) is 10.0. The third-order valence-corrected chi connectivity index (χ3v) is 28.9. The maximum atomic E-state index is 12.6. The molecule has 1 unspecified atom stereocenters. The summed E-state index contributed by atoms with van der Waals surface area (Å²) in [6, 6.07) is 9.65. The van der Waals surface area contributed by atoms with Crippen molar-refractivity contribution in [2.24, 2.45) is 5.92 Å². The van der Waals surface area contributed by atoms with Crippen molar-refractivity contribution < 1.29 is 50.5 Å². The van der Waals surface area contributed by atoms with Crippen molar-refractivity contribution >= 4 is 11.9 Å². The Bertz CT molecular complexity index is 644. The molecule has 131 valence electrons. The van der Waals surface area contributed by atoms with Crippen molar-refractivity contribution in [3.8, 4) is 0 Å². The zero-order valence-electron chi connectivity index (χ0n) is 15.2. The van der Waals surface area contributed by atoms with Crippen molar-refractivity contribution in [1.29, 1.82) is 0 Å². The molecule has 0 fully saturated rings. The van der Waals surface area contributed by atoms with E-state index in [1.165, 1.54) is 16.7 Å². The molecule has 6 heteroatoms. The fraction of sp³-hybridized carbons (Fsp3) is 0.389. The first kappa shape index (κ1) is 23.8. The van der Waals surface area contributed by atoms with Crippen LogP contribution in [0.1, 0.15) is 38.1 Å². The van der Waals surface area contributed by atoms with Crippen molar-refractivity contribution in [1.82, 2.24) is 3.30 Å². The molecular formula is C18H26Cl2HfNOSi. The van der Waals surface area contributed by atoms with Gasteiger partial charge in [0.1, 0.15) is 0 Å². The minimum Gasteiger partial charge on any atom is -1.00 e. The maximum Gasteiger partial charge on any atom is -1.00 e. The molecule has 1 aliphatic carbocycles. The quantitative estimate of drug-likeness (QED) is 0.442. The molecule has 24 heavy (non-hydrogen) atoms. The van der Waals surface area contributed by atoms with Gasteiger partial charge in [-0.05, 0) is 0 Å². The molecule has 0 saturated heterocycles. The van der Waals surface area contributed by atoms with Gasteiger partial charge in [0, 0.05) is 0 Å². The molecule has 1 N–H and O–H groups in total. The SMILES string of the molecule is CC1=C(C)C(C)[C]([Hf+2]([NH]C(=O)c2ccccc2)[SiH](C)C)=C1C.[Cl-].[Cl-]. The van der Waals surface area contributed by atoms with Crippen LogP contribution in [0.15, 0.2) is 50.4 Å². The Morgan fingerprint density at radius 1 is 1.04 bits per heavy atom. The predicted octanol–water partition coefficient (Wildman–Crippen LogP) is -1.80. The van der Waals surface area contributed by atoms with Gasteiger partial charge in [0.2, 0.25) is 0 Å². The topological polar surface area (TPSA) is 29.1 Å². The zero-order chi connectivity index (χ0) is 16.4. The van der Waals surface area contributed by atoms with E-state index >= 15 is 0 Å². The average molecular weight is 550 g/mol. The van der Waals surface area contributed by atoms with E-state index in [0.717, 1.165) is 5.56 Å². The Morgan fingerprint density at radius 2 is 1.58 bits per heavy atom. The van der Waals surface area contributed by atoms with Crippen LogP contribution in [-0.2, 0) is 20.9 Å². The number of carbonyl (C=O) groups is 1. The van der Waals surface area contributed by atoms with Crippen LogP contribution in [0.3, 0.4) is 0 Å². The molecule has 2 nitrogen and oxygen atoms in total.